The minimum Gasteiger partial charge on any atom is -0.342 e. The lowest BCUT2D eigenvalue weighted by atomic mass is 9.94. The molecular formula is C14H22N4. The Bertz CT molecular complexity index is 528. The van der Waals surface area contributed by atoms with Crippen LogP contribution in [0.25, 0.3) is 11.0 Å². The minimum absolute atomic E-state index is 0.147. The zero-order valence-corrected chi connectivity index (χ0v) is 11.4. The topological polar surface area (TPSA) is 66.7 Å². The van der Waals surface area contributed by atoms with Crippen LogP contribution in [0.2, 0.25) is 0 Å². The summed E-state index contributed by atoms with van der Waals surface area (Å²) in [5.74, 6) is 0.958. The van der Waals surface area contributed by atoms with Gasteiger partial charge in [0.25, 0.3) is 0 Å². The molecule has 0 unspecified atom stereocenters. The summed E-state index contributed by atoms with van der Waals surface area (Å²) >= 11 is 0. The van der Waals surface area contributed by atoms with Crippen molar-refractivity contribution in [3.05, 3.63) is 29.6 Å². The Morgan fingerprint density at radius 3 is 2.89 bits per heavy atom. The van der Waals surface area contributed by atoms with Gasteiger partial charge >= 0.3 is 0 Å². The van der Waals surface area contributed by atoms with Gasteiger partial charge in [0.1, 0.15) is 5.82 Å². The summed E-state index contributed by atoms with van der Waals surface area (Å²) in [7, 11) is 0. The van der Waals surface area contributed by atoms with Gasteiger partial charge in [-0.05, 0) is 36.6 Å². The molecular weight excluding hydrogens is 224 g/mol. The Morgan fingerprint density at radius 2 is 2.17 bits per heavy atom. The van der Waals surface area contributed by atoms with Crippen LogP contribution in [0.3, 0.4) is 0 Å². The number of aromatic amines is 1. The van der Waals surface area contributed by atoms with Crippen molar-refractivity contribution in [1.82, 2.24) is 15.3 Å². The molecule has 2 rings (SSSR count). The number of rotatable bonds is 5. The van der Waals surface area contributed by atoms with Gasteiger partial charge in [0, 0.05) is 13.1 Å². The van der Waals surface area contributed by atoms with Crippen LogP contribution in [0.1, 0.15) is 25.2 Å². The van der Waals surface area contributed by atoms with Gasteiger partial charge in [-0.1, -0.05) is 19.9 Å². The lowest BCUT2D eigenvalue weighted by Crippen LogP contribution is -2.35. The molecule has 0 aliphatic rings. The molecule has 4 N–H and O–H groups in total. The molecule has 0 bridgehead atoms. The van der Waals surface area contributed by atoms with E-state index in [2.05, 4.69) is 47.3 Å². The third-order valence-corrected chi connectivity index (χ3v) is 3.15. The second-order valence-corrected chi connectivity index (χ2v) is 5.65. The quantitative estimate of drug-likeness (QED) is 0.755. The van der Waals surface area contributed by atoms with E-state index in [4.69, 9.17) is 5.73 Å². The van der Waals surface area contributed by atoms with Crippen molar-refractivity contribution in [3.63, 3.8) is 0 Å². The number of hydrogen-bond donors (Lipinski definition) is 3. The van der Waals surface area contributed by atoms with Gasteiger partial charge in [0.05, 0.1) is 11.0 Å². The molecule has 1 aromatic heterocycles. The minimum atomic E-state index is 0.147. The highest BCUT2D eigenvalue weighted by Gasteiger charge is 2.14. The molecule has 98 valence electrons. The molecule has 0 amide bonds. The predicted molar refractivity (Wildman–Crippen MR) is 75.4 cm³/mol. The summed E-state index contributed by atoms with van der Waals surface area (Å²) in [5.41, 5.74) is 9.25. The monoisotopic (exact) mass is 246 g/mol. The molecule has 0 saturated heterocycles. The number of benzene rings is 1. The highest BCUT2D eigenvalue weighted by molar-refractivity contribution is 5.75. The predicted octanol–water partition coefficient (Wildman–Crippen LogP) is 1.95. The lowest BCUT2D eigenvalue weighted by molar-refractivity contribution is 0.351. The van der Waals surface area contributed by atoms with E-state index in [0.717, 1.165) is 29.9 Å². The summed E-state index contributed by atoms with van der Waals surface area (Å²) in [5, 5.41) is 3.45. The molecule has 1 heterocycles. The highest BCUT2D eigenvalue weighted by atomic mass is 14.9. The molecule has 0 radical (unpaired) electrons. The molecule has 4 heteroatoms. The molecule has 0 aliphatic carbocycles. The van der Waals surface area contributed by atoms with Crippen LogP contribution in [0.5, 0.6) is 0 Å². The van der Waals surface area contributed by atoms with Gasteiger partial charge < -0.3 is 16.0 Å². The normalized spacial score (nSPS) is 12.2. The van der Waals surface area contributed by atoms with E-state index in [0.29, 0.717) is 6.54 Å². The van der Waals surface area contributed by atoms with Crippen molar-refractivity contribution >= 4 is 11.0 Å². The molecule has 0 aliphatic heterocycles. The highest BCUT2D eigenvalue weighted by Crippen LogP contribution is 2.14. The largest absolute Gasteiger partial charge is 0.342 e. The van der Waals surface area contributed by atoms with Crippen molar-refractivity contribution in [3.8, 4) is 0 Å². The van der Waals surface area contributed by atoms with Gasteiger partial charge in [0.2, 0.25) is 0 Å². The average molecular weight is 246 g/mol. The van der Waals surface area contributed by atoms with E-state index in [1.807, 2.05) is 6.92 Å². The first-order valence-corrected chi connectivity index (χ1v) is 6.36. The van der Waals surface area contributed by atoms with Crippen molar-refractivity contribution in [1.29, 1.82) is 0 Å². The Labute approximate surface area is 108 Å². The molecule has 4 nitrogen and oxygen atoms in total. The first-order valence-electron chi connectivity index (χ1n) is 6.36. The number of aromatic nitrogens is 2. The molecule has 18 heavy (non-hydrogen) atoms. The first kappa shape index (κ1) is 13.1. The summed E-state index contributed by atoms with van der Waals surface area (Å²) in [4.78, 5) is 7.65. The number of H-pyrrole nitrogens is 1. The Morgan fingerprint density at radius 1 is 1.39 bits per heavy atom. The maximum Gasteiger partial charge on any atom is 0.104 e. The average Bonchev–Trinajstić information content (AvgIpc) is 2.68. The smallest absolute Gasteiger partial charge is 0.104 e. The van der Waals surface area contributed by atoms with Crippen LogP contribution in [-0.2, 0) is 6.54 Å². The van der Waals surface area contributed by atoms with Crippen LogP contribution in [0.4, 0.5) is 0 Å². The van der Waals surface area contributed by atoms with Crippen molar-refractivity contribution in [2.75, 3.05) is 13.1 Å². The Kier molecular flexibility index (Phi) is 3.68. The van der Waals surface area contributed by atoms with Crippen molar-refractivity contribution in [2.24, 2.45) is 11.1 Å². The van der Waals surface area contributed by atoms with E-state index >= 15 is 0 Å². The Balaban J connectivity index is 1.99. The third-order valence-electron chi connectivity index (χ3n) is 3.15. The first-order chi connectivity index (χ1) is 8.50. The van der Waals surface area contributed by atoms with Gasteiger partial charge in [0.15, 0.2) is 0 Å². The van der Waals surface area contributed by atoms with Crippen LogP contribution < -0.4 is 11.1 Å². The van der Waals surface area contributed by atoms with Crippen molar-refractivity contribution in [2.45, 2.75) is 27.3 Å². The number of nitrogens with two attached hydrogens (primary N) is 1. The van der Waals surface area contributed by atoms with Gasteiger partial charge in [-0.15, -0.1) is 0 Å². The second-order valence-electron chi connectivity index (χ2n) is 5.65. The van der Waals surface area contributed by atoms with E-state index < -0.39 is 0 Å². The van der Waals surface area contributed by atoms with E-state index in [-0.39, 0.29) is 5.41 Å². The Hall–Kier alpha value is -1.39. The summed E-state index contributed by atoms with van der Waals surface area (Å²) < 4.78 is 0. The number of nitrogens with one attached hydrogen (secondary N) is 2. The fourth-order valence-corrected chi connectivity index (χ4v) is 1.91. The van der Waals surface area contributed by atoms with Gasteiger partial charge in [-0.3, -0.25) is 0 Å². The number of fused-ring (bicyclic) bond motifs is 1. The molecule has 0 fully saturated rings. The van der Waals surface area contributed by atoms with Crippen LogP contribution in [-0.4, -0.2) is 23.1 Å². The number of nitrogens with zero attached hydrogens (tertiary/aromatic N) is 1. The zero-order valence-electron chi connectivity index (χ0n) is 11.4. The summed E-state index contributed by atoms with van der Waals surface area (Å²) in [6, 6.07) is 6.33. The molecule has 0 spiro atoms. The zero-order chi connectivity index (χ0) is 13.2. The number of hydrogen-bond acceptors (Lipinski definition) is 3. The van der Waals surface area contributed by atoms with E-state index in [9.17, 15) is 0 Å². The van der Waals surface area contributed by atoms with E-state index in [1.165, 1.54) is 5.56 Å². The molecule has 2 aromatic rings. The molecule has 0 atom stereocenters. The molecule has 1 aromatic carbocycles. The number of imidazole rings is 1. The summed E-state index contributed by atoms with van der Waals surface area (Å²) in [6.07, 6.45) is 0. The second kappa shape index (κ2) is 5.08. The standard InChI is InChI=1S/C14H22N4/c1-10-17-12-5-4-11(6-13(12)18-10)7-16-9-14(2,3)8-15/h4-6,16H,7-9,15H2,1-3H3,(H,17,18). The van der Waals surface area contributed by atoms with E-state index in [1.54, 1.807) is 0 Å². The summed E-state index contributed by atoms with van der Waals surface area (Å²) in [6.45, 7) is 8.78. The fraction of sp³-hybridized carbons (Fsp3) is 0.500. The van der Waals surface area contributed by atoms with Crippen LogP contribution >= 0.6 is 0 Å². The van der Waals surface area contributed by atoms with Crippen LogP contribution in [0, 0.1) is 12.3 Å². The van der Waals surface area contributed by atoms with Gasteiger partial charge in [-0.25, -0.2) is 4.98 Å². The maximum atomic E-state index is 5.71. The number of aryl methyl sites for hydroxylation is 1. The fourth-order valence-electron chi connectivity index (χ4n) is 1.91. The van der Waals surface area contributed by atoms with Gasteiger partial charge in [-0.2, -0.15) is 0 Å². The van der Waals surface area contributed by atoms with Crippen molar-refractivity contribution < 1.29 is 0 Å². The lowest BCUT2D eigenvalue weighted by Gasteiger charge is -2.22. The molecule has 0 saturated carbocycles. The maximum absolute atomic E-state index is 5.71. The third kappa shape index (κ3) is 3.09. The SMILES string of the molecule is Cc1nc2ccc(CNCC(C)(C)CN)cc2[nH]1. The van der Waals surface area contributed by atoms with Crippen LogP contribution in [0.15, 0.2) is 18.2 Å².